The number of aromatic nitrogens is 1. The van der Waals surface area contributed by atoms with Crippen molar-refractivity contribution < 1.29 is 9.21 Å². The number of amides is 1. The fraction of sp³-hybridized carbons (Fsp3) is 0.500. The third-order valence-corrected chi connectivity index (χ3v) is 4.97. The Morgan fingerprint density at radius 3 is 2.79 bits per heavy atom. The number of oxazole rings is 1. The second-order valence-corrected chi connectivity index (χ2v) is 6.79. The van der Waals surface area contributed by atoms with Gasteiger partial charge in [-0.1, -0.05) is 43.7 Å². The molecule has 0 N–H and O–H groups in total. The quantitative estimate of drug-likeness (QED) is 0.814. The predicted molar refractivity (Wildman–Crippen MR) is 94.4 cm³/mol. The molecule has 4 heteroatoms. The second-order valence-electron chi connectivity index (χ2n) is 6.79. The monoisotopic (exact) mass is 326 g/mol. The maximum Gasteiger partial charge on any atom is 0.226 e. The molecule has 0 spiro atoms. The van der Waals surface area contributed by atoms with Gasteiger partial charge in [-0.15, -0.1) is 0 Å². The third kappa shape index (κ3) is 3.37. The highest BCUT2D eigenvalue weighted by molar-refractivity contribution is 5.79. The van der Waals surface area contributed by atoms with Gasteiger partial charge in [0.25, 0.3) is 0 Å². The molecule has 4 nitrogen and oxygen atoms in total. The Balaban J connectivity index is 1.84. The summed E-state index contributed by atoms with van der Waals surface area (Å²) in [6, 6.07) is 8.23. The Morgan fingerprint density at radius 2 is 2.08 bits per heavy atom. The average Bonchev–Trinajstić information content (AvgIpc) is 3.11. The molecule has 0 bridgehead atoms. The number of piperidine rings is 1. The van der Waals surface area contributed by atoms with Crippen molar-refractivity contribution >= 4 is 5.91 Å². The maximum atomic E-state index is 12.7. The van der Waals surface area contributed by atoms with Crippen LogP contribution in [0.3, 0.4) is 0 Å². The van der Waals surface area contributed by atoms with Gasteiger partial charge in [-0.2, -0.15) is 0 Å². The van der Waals surface area contributed by atoms with Gasteiger partial charge in [0.15, 0.2) is 0 Å². The summed E-state index contributed by atoms with van der Waals surface area (Å²) in [5.74, 6) is 0.941. The summed E-state index contributed by atoms with van der Waals surface area (Å²) in [6.45, 7) is 6.93. The lowest BCUT2D eigenvalue weighted by Gasteiger charge is -2.35. The molecule has 1 saturated heterocycles. The molecular weight excluding hydrogens is 300 g/mol. The number of hydrogen-bond acceptors (Lipinski definition) is 3. The number of carbonyl (C=O) groups excluding carboxylic acids is 1. The summed E-state index contributed by atoms with van der Waals surface area (Å²) in [7, 11) is 0. The normalized spacial score (nSPS) is 19.3. The van der Waals surface area contributed by atoms with E-state index < -0.39 is 0 Å². The van der Waals surface area contributed by atoms with Crippen molar-refractivity contribution in [3.05, 3.63) is 42.0 Å². The fourth-order valence-electron chi connectivity index (χ4n) is 3.21. The highest BCUT2D eigenvalue weighted by Crippen LogP contribution is 2.33. The lowest BCUT2D eigenvalue weighted by molar-refractivity contribution is -0.139. The maximum absolute atomic E-state index is 12.7. The average molecular weight is 326 g/mol. The molecule has 1 aliphatic rings. The van der Waals surface area contributed by atoms with E-state index in [2.05, 4.69) is 38.1 Å². The molecule has 0 saturated carbocycles. The van der Waals surface area contributed by atoms with Crippen molar-refractivity contribution in [2.24, 2.45) is 5.92 Å². The van der Waals surface area contributed by atoms with Gasteiger partial charge in [0.05, 0.1) is 0 Å². The number of nitrogens with zero attached hydrogens (tertiary/aromatic N) is 2. The minimum absolute atomic E-state index is 0.0283. The zero-order chi connectivity index (χ0) is 17.1. The van der Waals surface area contributed by atoms with Gasteiger partial charge in [0.2, 0.25) is 11.8 Å². The molecule has 3 rings (SSSR count). The Morgan fingerprint density at radius 1 is 1.33 bits per heavy atom. The van der Waals surface area contributed by atoms with Crippen molar-refractivity contribution in [1.82, 2.24) is 9.88 Å². The Labute approximate surface area is 143 Å². The van der Waals surface area contributed by atoms with E-state index in [-0.39, 0.29) is 17.9 Å². The molecule has 2 aromatic rings. The first-order chi connectivity index (χ1) is 11.6. The zero-order valence-electron chi connectivity index (χ0n) is 14.8. The van der Waals surface area contributed by atoms with Crippen molar-refractivity contribution in [2.75, 3.05) is 6.54 Å². The summed E-state index contributed by atoms with van der Waals surface area (Å²) in [4.78, 5) is 19.3. The van der Waals surface area contributed by atoms with E-state index in [4.69, 9.17) is 9.40 Å². The van der Waals surface area contributed by atoms with Gasteiger partial charge >= 0.3 is 0 Å². The van der Waals surface area contributed by atoms with E-state index in [9.17, 15) is 4.79 Å². The number of carbonyl (C=O) groups is 1. The van der Waals surface area contributed by atoms with E-state index in [1.807, 2.05) is 11.8 Å². The zero-order valence-corrected chi connectivity index (χ0v) is 14.8. The Hall–Kier alpha value is -2.10. The molecule has 1 unspecified atom stereocenters. The summed E-state index contributed by atoms with van der Waals surface area (Å²) in [5, 5.41) is 0. The Kier molecular flexibility index (Phi) is 5.03. The van der Waals surface area contributed by atoms with E-state index in [0.717, 1.165) is 43.5 Å². The van der Waals surface area contributed by atoms with E-state index in [1.165, 1.54) is 5.56 Å². The number of aryl methyl sites for hydroxylation is 1. The molecule has 1 aromatic heterocycles. The first kappa shape index (κ1) is 16.7. The highest BCUT2D eigenvalue weighted by Gasteiger charge is 2.33. The molecule has 0 radical (unpaired) electrons. The molecule has 128 valence electrons. The van der Waals surface area contributed by atoms with Crippen LogP contribution in [0.4, 0.5) is 0 Å². The van der Waals surface area contributed by atoms with Crippen LogP contribution in [-0.2, 0) is 4.79 Å². The molecule has 1 fully saturated rings. The topological polar surface area (TPSA) is 46.3 Å². The largest absolute Gasteiger partial charge is 0.446 e. The van der Waals surface area contributed by atoms with Crippen LogP contribution >= 0.6 is 0 Å². The van der Waals surface area contributed by atoms with Crippen LogP contribution in [0.5, 0.6) is 0 Å². The first-order valence-electron chi connectivity index (χ1n) is 8.93. The molecule has 0 aliphatic carbocycles. The van der Waals surface area contributed by atoms with E-state index >= 15 is 0 Å². The summed E-state index contributed by atoms with van der Waals surface area (Å²) in [5.41, 5.74) is 3.11. The molecule has 2 heterocycles. The van der Waals surface area contributed by atoms with Gasteiger partial charge in [-0.25, -0.2) is 4.98 Å². The second kappa shape index (κ2) is 7.20. The number of hydrogen-bond donors (Lipinski definition) is 0. The summed E-state index contributed by atoms with van der Waals surface area (Å²) < 4.78 is 5.78. The van der Waals surface area contributed by atoms with Crippen LogP contribution in [-0.4, -0.2) is 22.3 Å². The molecule has 24 heavy (non-hydrogen) atoms. The van der Waals surface area contributed by atoms with Gasteiger partial charge in [-0.05, 0) is 32.6 Å². The number of benzene rings is 1. The highest BCUT2D eigenvalue weighted by atomic mass is 16.3. The SMILES string of the molecule is CCC(C)C(=O)N1CCCC[C@@H]1c1nc(-c2ccc(C)cc2)co1. The van der Waals surface area contributed by atoms with Crippen molar-refractivity contribution in [2.45, 2.75) is 52.5 Å². The van der Waals surface area contributed by atoms with Crippen molar-refractivity contribution in [1.29, 1.82) is 0 Å². The van der Waals surface area contributed by atoms with Gasteiger partial charge in [-0.3, -0.25) is 4.79 Å². The van der Waals surface area contributed by atoms with Gasteiger partial charge in [0.1, 0.15) is 18.0 Å². The van der Waals surface area contributed by atoms with Crippen LogP contribution in [0.1, 0.15) is 57.0 Å². The van der Waals surface area contributed by atoms with Crippen LogP contribution in [0.25, 0.3) is 11.3 Å². The summed E-state index contributed by atoms with van der Waals surface area (Å²) in [6.07, 6.45) is 5.67. The standard InChI is InChI=1S/C20H26N2O2/c1-4-15(3)20(23)22-12-6-5-7-18(22)19-21-17(13-24-19)16-10-8-14(2)9-11-16/h8-11,13,15,18H,4-7,12H2,1-3H3/t15?,18-/m1/s1. The van der Waals surface area contributed by atoms with Crippen LogP contribution in [0, 0.1) is 12.8 Å². The van der Waals surface area contributed by atoms with Crippen LogP contribution < -0.4 is 0 Å². The summed E-state index contributed by atoms with van der Waals surface area (Å²) >= 11 is 0. The lowest BCUT2D eigenvalue weighted by atomic mass is 9.98. The van der Waals surface area contributed by atoms with Gasteiger partial charge < -0.3 is 9.32 Å². The van der Waals surface area contributed by atoms with Crippen LogP contribution in [0.15, 0.2) is 34.9 Å². The van der Waals surface area contributed by atoms with E-state index in [0.29, 0.717) is 5.89 Å². The minimum Gasteiger partial charge on any atom is -0.446 e. The number of rotatable bonds is 4. The molecular formula is C20H26N2O2. The third-order valence-electron chi connectivity index (χ3n) is 4.97. The minimum atomic E-state index is -0.0283. The molecule has 1 aliphatic heterocycles. The molecule has 1 amide bonds. The number of likely N-dealkylation sites (tertiary alicyclic amines) is 1. The smallest absolute Gasteiger partial charge is 0.226 e. The van der Waals surface area contributed by atoms with Crippen molar-refractivity contribution in [3.63, 3.8) is 0 Å². The fourth-order valence-corrected chi connectivity index (χ4v) is 3.21. The lowest BCUT2D eigenvalue weighted by Crippen LogP contribution is -2.41. The van der Waals surface area contributed by atoms with Crippen molar-refractivity contribution in [3.8, 4) is 11.3 Å². The molecule has 2 atom stereocenters. The van der Waals surface area contributed by atoms with E-state index in [1.54, 1.807) is 6.26 Å². The first-order valence-corrected chi connectivity index (χ1v) is 8.93. The van der Waals surface area contributed by atoms with Gasteiger partial charge in [0, 0.05) is 18.0 Å². The van der Waals surface area contributed by atoms with Crippen LogP contribution in [0.2, 0.25) is 0 Å². The predicted octanol–water partition coefficient (Wildman–Crippen LogP) is 4.75. The molecule has 1 aromatic carbocycles. The Bertz CT molecular complexity index is 690.